The van der Waals surface area contributed by atoms with Gasteiger partial charge in [0.25, 0.3) is 0 Å². The second-order valence-electron chi connectivity index (χ2n) is 4.34. The molecular formula is C16H10N2. The minimum absolute atomic E-state index is 1.05. The minimum Gasteiger partial charge on any atom is -0.256 e. The lowest BCUT2D eigenvalue weighted by atomic mass is 10.0. The molecule has 0 N–H and O–H groups in total. The topological polar surface area (TPSA) is 25.8 Å². The van der Waals surface area contributed by atoms with Crippen LogP contribution in [0.25, 0.3) is 32.6 Å². The monoisotopic (exact) mass is 230 g/mol. The second kappa shape index (κ2) is 3.50. The predicted molar refractivity (Wildman–Crippen MR) is 74.6 cm³/mol. The maximum atomic E-state index is 4.53. The van der Waals surface area contributed by atoms with E-state index in [0.29, 0.717) is 0 Å². The highest BCUT2D eigenvalue weighted by Crippen LogP contribution is 2.31. The SMILES string of the molecule is c1ccc2c(c1)c1ncccc1c1cccnc21. The van der Waals surface area contributed by atoms with Crippen molar-refractivity contribution in [2.45, 2.75) is 0 Å². The fourth-order valence-electron chi connectivity index (χ4n) is 2.57. The van der Waals surface area contributed by atoms with E-state index < -0.39 is 0 Å². The molecule has 0 saturated heterocycles. The highest BCUT2D eigenvalue weighted by Gasteiger charge is 2.08. The fourth-order valence-corrected chi connectivity index (χ4v) is 2.57. The molecule has 2 aromatic carbocycles. The van der Waals surface area contributed by atoms with E-state index in [1.165, 1.54) is 21.5 Å². The number of hydrogen-bond acceptors (Lipinski definition) is 2. The first-order valence-electron chi connectivity index (χ1n) is 5.95. The van der Waals surface area contributed by atoms with Gasteiger partial charge in [-0.05, 0) is 12.1 Å². The average Bonchev–Trinajstić information content (AvgIpc) is 2.48. The number of aromatic nitrogens is 2. The van der Waals surface area contributed by atoms with Crippen LogP contribution in [-0.2, 0) is 0 Å². The number of rotatable bonds is 0. The first kappa shape index (κ1) is 9.54. The first-order valence-corrected chi connectivity index (χ1v) is 5.95. The van der Waals surface area contributed by atoms with Gasteiger partial charge in [-0.3, -0.25) is 9.97 Å². The van der Waals surface area contributed by atoms with Crippen LogP contribution in [0.2, 0.25) is 0 Å². The van der Waals surface area contributed by atoms with E-state index >= 15 is 0 Å². The number of benzene rings is 2. The lowest BCUT2D eigenvalue weighted by Gasteiger charge is -2.07. The van der Waals surface area contributed by atoms with Gasteiger partial charge in [-0.15, -0.1) is 0 Å². The number of nitrogens with zero attached hydrogens (tertiary/aromatic N) is 2. The molecule has 0 aliphatic carbocycles. The van der Waals surface area contributed by atoms with Gasteiger partial charge < -0.3 is 0 Å². The van der Waals surface area contributed by atoms with Crippen molar-refractivity contribution in [3.63, 3.8) is 0 Å². The zero-order chi connectivity index (χ0) is 11.9. The van der Waals surface area contributed by atoms with Crippen molar-refractivity contribution >= 4 is 32.6 Å². The van der Waals surface area contributed by atoms with Crippen LogP contribution in [0.3, 0.4) is 0 Å². The molecule has 4 aromatic rings. The van der Waals surface area contributed by atoms with E-state index in [-0.39, 0.29) is 0 Å². The summed E-state index contributed by atoms with van der Waals surface area (Å²) in [4.78, 5) is 9.06. The molecule has 84 valence electrons. The maximum Gasteiger partial charge on any atom is 0.0787 e. The average molecular weight is 230 g/mol. The normalized spacial score (nSPS) is 11.3. The Morgan fingerprint density at radius 2 is 0.889 bits per heavy atom. The van der Waals surface area contributed by atoms with E-state index in [1.807, 2.05) is 36.7 Å². The molecule has 2 heterocycles. The van der Waals surface area contributed by atoms with Gasteiger partial charge >= 0.3 is 0 Å². The van der Waals surface area contributed by atoms with E-state index in [1.54, 1.807) is 0 Å². The van der Waals surface area contributed by atoms with Gasteiger partial charge in [-0.25, -0.2) is 0 Å². The van der Waals surface area contributed by atoms with Gasteiger partial charge in [0.2, 0.25) is 0 Å². The summed E-state index contributed by atoms with van der Waals surface area (Å²) in [6.45, 7) is 0. The van der Waals surface area contributed by atoms with Crippen molar-refractivity contribution in [1.29, 1.82) is 0 Å². The third kappa shape index (κ3) is 1.17. The summed E-state index contributed by atoms with van der Waals surface area (Å²) in [5, 5.41) is 4.66. The molecule has 0 radical (unpaired) electrons. The summed E-state index contributed by atoms with van der Waals surface area (Å²) in [5.74, 6) is 0. The zero-order valence-electron chi connectivity index (χ0n) is 9.67. The summed E-state index contributed by atoms with van der Waals surface area (Å²) < 4.78 is 0. The lowest BCUT2D eigenvalue weighted by molar-refractivity contribution is 1.41. The quantitative estimate of drug-likeness (QED) is 0.428. The van der Waals surface area contributed by atoms with Crippen molar-refractivity contribution in [2.75, 3.05) is 0 Å². The third-order valence-corrected chi connectivity index (χ3v) is 3.34. The Balaban J connectivity index is 2.46. The summed E-state index contributed by atoms with van der Waals surface area (Å²) in [7, 11) is 0. The Kier molecular flexibility index (Phi) is 1.86. The Hall–Kier alpha value is -2.48. The largest absolute Gasteiger partial charge is 0.256 e. The van der Waals surface area contributed by atoms with Crippen molar-refractivity contribution in [3.8, 4) is 0 Å². The van der Waals surface area contributed by atoms with Gasteiger partial charge in [0.1, 0.15) is 0 Å². The smallest absolute Gasteiger partial charge is 0.0787 e. The molecule has 2 nitrogen and oxygen atoms in total. The van der Waals surface area contributed by atoms with E-state index in [0.717, 1.165) is 11.0 Å². The third-order valence-electron chi connectivity index (χ3n) is 3.34. The Morgan fingerprint density at radius 3 is 1.33 bits per heavy atom. The predicted octanol–water partition coefficient (Wildman–Crippen LogP) is 3.94. The molecule has 18 heavy (non-hydrogen) atoms. The first-order chi connectivity index (χ1) is 8.95. The minimum atomic E-state index is 1.05. The molecule has 0 spiro atoms. The van der Waals surface area contributed by atoms with Crippen molar-refractivity contribution in [3.05, 3.63) is 60.9 Å². The van der Waals surface area contributed by atoms with Crippen LogP contribution in [-0.4, -0.2) is 9.97 Å². The molecule has 2 heteroatoms. The molecule has 0 bridgehead atoms. The molecule has 2 aromatic heterocycles. The Morgan fingerprint density at radius 1 is 0.500 bits per heavy atom. The lowest BCUT2D eigenvalue weighted by Crippen LogP contribution is -1.86. The standard InChI is InChI=1S/C16H10N2/c1-2-6-12-11(5-1)15-13(7-3-9-17-15)14-8-4-10-18-16(12)14/h1-10H. The molecule has 0 aliphatic rings. The molecule has 0 fully saturated rings. The van der Waals surface area contributed by atoms with Gasteiger partial charge in [0.05, 0.1) is 11.0 Å². The number of pyridine rings is 2. The summed E-state index contributed by atoms with van der Waals surface area (Å²) in [6.07, 6.45) is 3.69. The molecule has 0 amide bonds. The summed E-state index contributed by atoms with van der Waals surface area (Å²) >= 11 is 0. The van der Waals surface area contributed by atoms with Crippen LogP contribution in [0, 0.1) is 0 Å². The van der Waals surface area contributed by atoms with Crippen molar-refractivity contribution < 1.29 is 0 Å². The highest BCUT2D eigenvalue weighted by molar-refractivity contribution is 6.22. The Bertz CT molecular complexity index is 661. The molecular weight excluding hydrogens is 220 g/mol. The van der Waals surface area contributed by atoms with Crippen LogP contribution in [0.1, 0.15) is 0 Å². The van der Waals surface area contributed by atoms with E-state index in [4.69, 9.17) is 0 Å². The molecule has 0 unspecified atom stereocenters. The summed E-state index contributed by atoms with van der Waals surface area (Å²) in [6, 6.07) is 16.5. The number of fused-ring (bicyclic) bond motifs is 6. The summed E-state index contributed by atoms with van der Waals surface area (Å²) in [5.41, 5.74) is 2.10. The van der Waals surface area contributed by atoms with E-state index in [2.05, 4.69) is 34.2 Å². The molecule has 0 saturated carbocycles. The van der Waals surface area contributed by atoms with Crippen LogP contribution >= 0.6 is 0 Å². The Labute approximate surface area is 104 Å². The zero-order valence-corrected chi connectivity index (χ0v) is 9.67. The fraction of sp³-hybridized carbons (Fsp3) is 0. The van der Waals surface area contributed by atoms with Crippen LogP contribution < -0.4 is 0 Å². The van der Waals surface area contributed by atoms with Gasteiger partial charge in [0.15, 0.2) is 0 Å². The molecule has 0 aliphatic heterocycles. The number of hydrogen-bond donors (Lipinski definition) is 0. The van der Waals surface area contributed by atoms with Crippen molar-refractivity contribution in [2.24, 2.45) is 0 Å². The van der Waals surface area contributed by atoms with Crippen LogP contribution in [0.4, 0.5) is 0 Å². The van der Waals surface area contributed by atoms with Gasteiger partial charge in [-0.2, -0.15) is 0 Å². The van der Waals surface area contributed by atoms with Gasteiger partial charge in [-0.1, -0.05) is 36.4 Å². The molecule has 0 atom stereocenters. The van der Waals surface area contributed by atoms with Crippen molar-refractivity contribution in [1.82, 2.24) is 9.97 Å². The van der Waals surface area contributed by atoms with E-state index in [9.17, 15) is 0 Å². The maximum absolute atomic E-state index is 4.53. The van der Waals surface area contributed by atoms with Crippen LogP contribution in [0.15, 0.2) is 60.9 Å². The molecule has 4 rings (SSSR count). The van der Waals surface area contributed by atoms with Gasteiger partial charge in [0, 0.05) is 33.9 Å². The highest BCUT2D eigenvalue weighted by atomic mass is 14.7. The van der Waals surface area contributed by atoms with Crippen LogP contribution in [0.5, 0.6) is 0 Å². The second-order valence-corrected chi connectivity index (χ2v) is 4.34.